The zero-order valence-electron chi connectivity index (χ0n) is 13.1. The molecule has 1 unspecified atom stereocenters. The highest BCUT2D eigenvalue weighted by Crippen LogP contribution is 2.22. The van der Waals surface area contributed by atoms with Crippen molar-refractivity contribution >= 4 is 18.3 Å². The number of likely N-dealkylation sites (tertiary alicyclic amines) is 1. The molecule has 0 aliphatic carbocycles. The molecule has 118 valence electrons. The van der Waals surface area contributed by atoms with E-state index in [9.17, 15) is 4.79 Å². The predicted octanol–water partition coefficient (Wildman–Crippen LogP) is 2.95. The zero-order valence-corrected chi connectivity index (χ0v) is 13.9. The third-order valence-electron chi connectivity index (χ3n) is 4.11. The number of carbonyl (C=O) groups excluding carboxylic acids is 1. The van der Waals surface area contributed by atoms with Crippen molar-refractivity contribution in [2.24, 2.45) is 0 Å². The van der Waals surface area contributed by atoms with Crippen molar-refractivity contribution < 1.29 is 4.79 Å². The molecule has 1 aliphatic rings. The molecule has 1 amide bonds. The first-order chi connectivity index (χ1) is 9.70. The number of hydrogen-bond donors (Lipinski definition) is 1. The molecule has 1 fully saturated rings. The molecule has 0 bridgehead atoms. The van der Waals surface area contributed by atoms with Crippen LogP contribution in [0.2, 0.25) is 0 Å². The Labute approximate surface area is 134 Å². The van der Waals surface area contributed by atoms with Gasteiger partial charge in [-0.3, -0.25) is 4.79 Å². The Morgan fingerprint density at radius 1 is 1.33 bits per heavy atom. The van der Waals surface area contributed by atoms with E-state index < -0.39 is 0 Å². The van der Waals surface area contributed by atoms with E-state index in [1.807, 2.05) is 7.05 Å². The zero-order chi connectivity index (χ0) is 14.4. The second-order valence-electron chi connectivity index (χ2n) is 5.78. The van der Waals surface area contributed by atoms with Gasteiger partial charge in [0.2, 0.25) is 5.91 Å². The molecule has 21 heavy (non-hydrogen) atoms. The molecule has 2 rings (SSSR count). The molecular formula is C17H27ClN2O. The van der Waals surface area contributed by atoms with Crippen LogP contribution in [0.5, 0.6) is 0 Å². The Hall–Kier alpha value is -1.06. The van der Waals surface area contributed by atoms with Crippen LogP contribution in [-0.2, 0) is 11.2 Å². The van der Waals surface area contributed by atoms with E-state index in [4.69, 9.17) is 0 Å². The minimum atomic E-state index is 0. The van der Waals surface area contributed by atoms with Gasteiger partial charge in [0.05, 0.1) is 0 Å². The van der Waals surface area contributed by atoms with Crippen LogP contribution in [0.4, 0.5) is 0 Å². The smallest absolute Gasteiger partial charge is 0.222 e. The summed E-state index contributed by atoms with van der Waals surface area (Å²) in [6, 6.07) is 9.10. The van der Waals surface area contributed by atoms with Gasteiger partial charge < -0.3 is 10.2 Å². The van der Waals surface area contributed by atoms with Crippen molar-refractivity contribution in [1.82, 2.24) is 10.2 Å². The first kappa shape index (κ1) is 18.0. The van der Waals surface area contributed by atoms with Gasteiger partial charge in [0.15, 0.2) is 0 Å². The quantitative estimate of drug-likeness (QED) is 0.819. The van der Waals surface area contributed by atoms with Gasteiger partial charge in [0, 0.05) is 19.0 Å². The Bertz CT molecular complexity index is 433. The maximum atomic E-state index is 12.3. The van der Waals surface area contributed by atoms with Gasteiger partial charge in [-0.25, -0.2) is 0 Å². The van der Waals surface area contributed by atoms with E-state index in [0.717, 1.165) is 38.8 Å². The molecule has 1 heterocycles. The average Bonchev–Trinajstić information content (AvgIpc) is 2.90. The van der Waals surface area contributed by atoms with Crippen molar-refractivity contribution in [3.63, 3.8) is 0 Å². The van der Waals surface area contributed by atoms with Crippen molar-refractivity contribution in [2.45, 2.75) is 45.1 Å². The van der Waals surface area contributed by atoms with Gasteiger partial charge in [0.1, 0.15) is 0 Å². The van der Waals surface area contributed by atoms with Crippen LogP contribution < -0.4 is 5.32 Å². The Morgan fingerprint density at radius 3 is 2.71 bits per heavy atom. The van der Waals surface area contributed by atoms with Crippen LogP contribution in [0.3, 0.4) is 0 Å². The molecule has 1 saturated heterocycles. The normalized spacial score (nSPS) is 17.6. The third kappa shape index (κ3) is 5.33. The maximum Gasteiger partial charge on any atom is 0.222 e. The van der Waals surface area contributed by atoms with E-state index >= 15 is 0 Å². The predicted molar refractivity (Wildman–Crippen MR) is 90.0 cm³/mol. The number of hydrogen-bond acceptors (Lipinski definition) is 2. The molecule has 3 nitrogen and oxygen atoms in total. The van der Waals surface area contributed by atoms with E-state index in [2.05, 4.69) is 41.4 Å². The van der Waals surface area contributed by atoms with Gasteiger partial charge in [-0.2, -0.15) is 0 Å². The topological polar surface area (TPSA) is 32.3 Å². The molecule has 1 N–H and O–H groups in total. The van der Waals surface area contributed by atoms with Crippen molar-refractivity contribution in [1.29, 1.82) is 0 Å². The maximum absolute atomic E-state index is 12.3. The van der Waals surface area contributed by atoms with Gasteiger partial charge in [-0.1, -0.05) is 29.8 Å². The molecule has 1 aromatic rings. The molecule has 0 spiro atoms. The highest BCUT2D eigenvalue weighted by molar-refractivity contribution is 5.85. The molecule has 0 aromatic heterocycles. The summed E-state index contributed by atoms with van der Waals surface area (Å²) in [6.45, 7) is 3.97. The Morgan fingerprint density at radius 2 is 2.05 bits per heavy atom. The summed E-state index contributed by atoms with van der Waals surface area (Å²) < 4.78 is 0. The van der Waals surface area contributed by atoms with Crippen molar-refractivity contribution in [3.05, 3.63) is 35.4 Å². The van der Waals surface area contributed by atoms with Crippen LogP contribution >= 0.6 is 12.4 Å². The van der Waals surface area contributed by atoms with E-state index in [-0.39, 0.29) is 12.4 Å². The SMILES string of the molecule is CNCCCC(=O)N1CCCC1Cc1ccc(C)cc1.Cl. The first-order valence-electron chi connectivity index (χ1n) is 7.70. The molecule has 1 atom stereocenters. The second kappa shape index (κ2) is 9.06. The number of halogens is 1. The fourth-order valence-electron chi connectivity index (χ4n) is 2.93. The van der Waals surface area contributed by atoms with E-state index in [1.54, 1.807) is 0 Å². The highest BCUT2D eigenvalue weighted by Gasteiger charge is 2.28. The summed E-state index contributed by atoms with van der Waals surface area (Å²) >= 11 is 0. The number of nitrogens with zero attached hydrogens (tertiary/aromatic N) is 1. The molecule has 4 heteroatoms. The van der Waals surface area contributed by atoms with Gasteiger partial charge in [0.25, 0.3) is 0 Å². The van der Waals surface area contributed by atoms with Crippen LogP contribution in [0.15, 0.2) is 24.3 Å². The minimum absolute atomic E-state index is 0. The number of amides is 1. The minimum Gasteiger partial charge on any atom is -0.339 e. The summed E-state index contributed by atoms with van der Waals surface area (Å²) in [7, 11) is 1.93. The summed E-state index contributed by atoms with van der Waals surface area (Å²) in [6.07, 6.45) is 4.90. The second-order valence-corrected chi connectivity index (χ2v) is 5.78. The van der Waals surface area contributed by atoms with Gasteiger partial charge in [-0.05, 0) is 51.8 Å². The van der Waals surface area contributed by atoms with Gasteiger partial charge in [-0.15, -0.1) is 12.4 Å². The lowest BCUT2D eigenvalue weighted by Crippen LogP contribution is -2.37. The lowest BCUT2D eigenvalue weighted by molar-refractivity contribution is -0.132. The van der Waals surface area contributed by atoms with Crippen LogP contribution in [0, 0.1) is 6.92 Å². The molecule has 0 saturated carbocycles. The average molecular weight is 311 g/mol. The standard InChI is InChI=1S/C17H26N2O.ClH/c1-14-7-9-15(10-8-14)13-16-5-4-12-19(16)17(20)6-3-11-18-2;/h7-10,16,18H,3-6,11-13H2,1-2H3;1H. The number of aryl methyl sites for hydroxylation is 1. The molecule has 1 aliphatic heterocycles. The lowest BCUT2D eigenvalue weighted by atomic mass is 10.0. The van der Waals surface area contributed by atoms with Crippen LogP contribution in [0.1, 0.15) is 36.8 Å². The number of rotatable bonds is 6. The molecular weight excluding hydrogens is 284 g/mol. The summed E-state index contributed by atoms with van der Waals surface area (Å²) in [5.41, 5.74) is 2.63. The number of nitrogens with one attached hydrogen (secondary N) is 1. The van der Waals surface area contributed by atoms with E-state index in [0.29, 0.717) is 18.4 Å². The van der Waals surface area contributed by atoms with Crippen molar-refractivity contribution in [3.8, 4) is 0 Å². The molecule has 0 radical (unpaired) electrons. The monoisotopic (exact) mass is 310 g/mol. The Balaban J connectivity index is 0.00000220. The third-order valence-corrected chi connectivity index (χ3v) is 4.11. The number of carbonyl (C=O) groups is 1. The largest absolute Gasteiger partial charge is 0.339 e. The fraction of sp³-hybridized carbons (Fsp3) is 0.588. The highest BCUT2D eigenvalue weighted by atomic mass is 35.5. The van der Waals surface area contributed by atoms with Crippen LogP contribution in [-0.4, -0.2) is 37.0 Å². The fourth-order valence-corrected chi connectivity index (χ4v) is 2.93. The summed E-state index contributed by atoms with van der Waals surface area (Å²) in [4.78, 5) is 14.4. The van der Waals surface area contributed by atoms with Gasteiger partial charge >= 0.3 is 0 Å². The lowest BCUT2D eigenvalue weighted by Gasteiger charge is -2.25. The number of benzene rings is 1. The molecule has 1 aromatic carbocycles. The van der Waals surface area contributed by atoms with E-state index in [1.165, 1.54) is 11.1 Å². The first-order valence-corrected chi connectivity index (χ1v) is 7.70. The summed E-state index contributed by atoms with van der Waals surface area (Å²) in [5.74, 6) is 0.329. The Kier molecular flexibility index (Phi) is 7.76. The summed E-state index contributed by atoms with van der Waals surface area (Å²) in [5, 5.41) is 3.10. The van der Waals surface area contributed by atoms with Crippen LogP contribution in [0.25, 0.3) is 0 Å². The van der Waals surface area contributed by atoms with Crippen molar-refractivity contribution in [2.75, 3.05) is 20.1 Å².